The summed E-state index contributed by atoms with van der Waals surface area (Å²) in [6.45, 7) is 5.67. The highest BCUT2D eigenvalue weighted by Gasteiger charge is 2.33. The van der Waals surface area contributed by atoms with Crippen LogP contribution in [0, 0.1) is 0 Å². The van der Waals surface area contributed by atoms with Crippen LogP contribution in [0.2, 0.25) is 5.15 Å². The second-order valence-electron chi connectivity index (χ2n) is 10.9. The zero-order valence-corrected chi connectivity index (χ0v) is 23.6. The van der Waals surface area contributed by atoms with E-state index in [1.807, 2.05) is 45.9 Å². The number of aromatic nitrogens is 3. The van der Waals surface area contributed by atoms with Gasteiger partial charge >= 0.3 is 5.69 Å². The summed E-state index contributed by atoms with van der Waals surface area (Å²) in [5, 5.41) is 3.70. The quantitative estimate of drug-likeness (QED) is 0.459. The molecule has 2 aliphatic heterocycles. The molecular formula is C30H37ClN6O3. The maximum Gasteiger partial charge on any atom is 0.329 e. The average Bonchev–Trinajstić information content (AvgIpc) is 3.29. The van der Waals surface area contributed by atoms with Crippen LogP contribution < -0.4 is 15.9 Å². The van der Waals surface area contributed by atoms with Crippen molar-refractivity contribution in [1.82, 2.24) is 24.3 Å². The summed E-state index contributed by atoms with van der Waals surface area (Å²) in [7, 11) is 0. The smallest absolute Gasteiger partial charge is 0.329 e. The van der Waals surface area contributed by atoms with Gasteiger partial charge in [-0.3, -0.25) is 13.9 Å². The van der Waals surface area contributed by atoms with Crippen LogP contribution in [0.4, 0.5) is 5.82 Å². The molecule has 0 bridgehead atoms. The third-order valence-electron chi connectivity index (χ3n) is 8.28. The topological polar surface area (TPSA) is 84.6 Å². The van der Waals surface area contributed by atoms with Gasteiger partial charge < -0.3 is 19.9 Å². The van der Waals surface area contributed by atoms with Crippen LogP contribution in [0.3, 0.4) is 0 Å². The largest absolute Gasteiger partial charge is 0.378 e. The number of pyridine rings is 1. The lowest BCUT2D eigenvalue weighted by Gasteiger charge is -2.29. The maximum absolute atomic E-state index is 14.4. The Morgan fingerprint density at radius 1 is 1.00 bits per heavy atom. The lowest BCUT2D eigenvalue weighted by Crippen LogP contribution is -2.47. The van der Waals surface area contributed by atoms with Gasteiger partial charge in [0, 0.05) is 50.9 Å². The average molecular weight is 565 g/mol. The van der Waals surface area contributed by atoms with E-state index in [0.29, 0.717) is 37.2 Å². The van der Waals surface area contributed by atoms with Crippen molar-refractivity contribution in [3.8, 4) is 11.3 Å². The summed E-state index contributed by atoms with van der Waals surface area (Å²) in [4.78, 5) is 37.3. The van der Waals surface area contributed by atoms with Crippen LogP contribution in [0.15, 0.2) is 47.3 Å². The lowest BCUT2D eigenvalue weighted by molar-refractivity contribution is 0.0725. The molecule has 9 nitrogen and oxygen atoms in total. The van der Waals surface area contributed by atoms with Gasteiger partial charge in [0.25, 0.3) is 5.91 Å². The predicted molar refractivity (Wildman–Crippen MR) is 156 cm³/mol. The number of imidazole rings is 1. The second kappa shape index (κ2) is 12.2. The molecule has 0 unspecified atom stereocenters. The van der Waals surface area contributed by atoms with Crippen molar-refractivity contribution in [2.75, 3.05) is 57.4 Å². The first-order chi connectivity index (χ1) is 19.6. The van der Waals surface area contributed by atoms with Crippen molar-refractivity contribution in [3.63, 3.8) is 0 Å². The molecule has 1 aromatic carbocycles. The fourth-order valence-corrected chi connectivity index (χ4v) is 6.48. The number of halogens is 1. The highest BCUT2D eigenvalue weighted by atomic mass is 35.5. The molecule has 3 fully saturated rings. The van der Waals surface area contributed by atoms with Crippen LogP contribution in [0.25, 0.3) is 11.3 Å². The Kier molecular flexibility index (Phi) is 8.22. The van der Waals surface area contributed by atoms with Gasteiger partial charge in [0.05, 0.1) is 25.5 Å². The van der Waals surface area contributed by atoms with Gasteiger partial charge in [-0.1, -0.05) is 61.2 Å². The molecule has 3 aliphatic rings. The monoisotopic (exact) mass is 564 g/mol. The van der Waals surface area contributed by atoms with Crippen molar-refractivity contribution in [2.45, 2.75) is 44.7 Å². The fourth-order valence-electron chi connectivity index (χ4n) is 6.26. The Morgan fingerprint density at radius 2 is 1.73 bits per heavy atom. The van der Waals surface area contributed by atoms with Crippen LogP contribution in [-0.2, 0) is 11.3 Å². The molecule has 40 heavy (non-hydrogen) atoms. The first-order valence-corrected chi connectivity index (χ1v) is 14.9. The molecule has 0 atom stereocenters. The molecule has 1 amide bonds. The number of carbonyl (C=O) groups excluding carboxylic acids is 1. The van der Waals surface area contributed by atoms with Crippen LogP contribution in [0.1, 0.15) is 54.2 Å². The molecule has 6 rings (SSSR count). The molecule has 1 saturated carbocycles. The fraction of sp³-hybridized carbons (Fsp3) is 0.500. The van der Waals surface area contributed by atoms with Gasteiger partial charge in [-0.25, -0.2) is 9.78 Å². The maximum atomic E-state index is 14.4. The van der Waals surface area contributed by atoms with Gasteiger partial charge in [0.15, 0.2) is 0 Å². The summed E-state index contributed by atoms with van der Waals surface area (Å²) in [6.07, 6.45) is 5.22. The van der Waals surface area contributed by atoms with E-state index in [-0.39, 0.29) is 24.2 Å². The first-order valence-electron chi connectivity index (χ1n) is 14.5. The molecule has 1 aliphatic carbocycles. The number of piperazine rings is 1. The van der Waals surface area contributed by atoms with Crippen molar-refractivity contribution in [2.24, 2.45) is 0 Å². The van der Waals surface area contributed by atoms with E-state index in [4.69, 9.17) is 16.3 Å². The van der Waals surface area contributed by atoms with Gasteiger partial charge in [0.2, 0.25) is 0 Å². The number of nitrogens with zero attached hydrogens (tertiary/aromatic N) is 5. The van der Waals surface area contributed by atoms with Crippen LogP contribution in [0.5, 0.6) is 0 Å². The number of anilines is 1. The first kappa shape index (κ1) is 27.1. The third kappa shape index (κ3) is 5.55. The van der Waals surface area contributed by atoms with E-state index < -0.39 is 0 Å². The number of morpholine rings is 1. The standard InChI is InChI=1S/C30H37ClN6O3/c31-25-19-22(20-26(33-25)34-15-17-40-18-16-34)21-36-28(29(38)35-13-11-32-12-14-35)27(23-7-3-1-4-8-23)37(30(36)39)24-9-5-2-6-10-24/h1,3-4,7-8,19-20,24,32H,2,5-6,9-18,21H2. The van der Waals surface area contributed by atoms with Crippen LogP contribution in [-0.4, -0.2) is 77.4 Å². The number of carbonyl (C=O) groups is 1. The number of ether oxygens (including phenoxy) is 1. The summed E-state index contributed by atoms with van der Waals surface area (Å²) >= 11 is 6.51. The summed E-state index contributed by atoms with van der Waals surface area (Å²) in [5.74, 6) is 0.671. The van der Waals surface area contributed by atoms with E-state index in [1.54, 1.807) is 10.6 Å². The molecule has 1 N–H and O–H groups in total. The minimum absolute atomic E-state index is 0.0669. The predicted octanol–water partition coefficient (Wildman–Crippen LogP) is 3.80. The minimum atomic E-state index is -0.134. The highest BCUT2D eigenvalue weighted by molar-refractivity contribution is 6.29. The molecule has 3 aromatic rings. The van der Waals surface area contributed by atoms with E-state index in [1.165, 1.54) is 6.42 Å². The highest BCUT2D eigenvalue weighted by Crippen LogP contribution is 2.34. The summed E-state index contributed by atoms with van der Waals surface area (Å²) < 4.78 is 9.13. The molecule has 4 heterocycles. The van der Waals surface area contributed by atoms with Crippen molar-refractivity contribution < 1.29 is 9.53 Å². The number of benzene rings is 1. The zero-order chi connectivity index (χ0) is 27.5. The second-order valence-corrected chi connectivity index (χ2v) is 11.3. The molecule has 0 spiro atoms. The molecule has 0 radical (unpaired) electrons. The molecule has 2 saturated heterocycles. The normalized spacial score (nSPS) is 18.7. The molecule has 10 heteroatoms. The number of nitrogens with one attached hydrogen (secondary N) is 1. The third-order valence-corrected chi connectivity index (χ3v) is 8.48. The number of hydrogen-bond donors (Lipinski definition) is 1. The van der Waals surface area contributed by atoms with Crippen molar-refractivity contribution in [3.05, 3.63) is 69.4 Å². The van der Waals surface area contributed by atoms with Crippen molar-refractivity contribution >= 4 is 23.3 Å². The van der Waals surface area contributed by atoms with E-state index >= 15 is 0 Å². The van der Waals surface area contributed by atoms with Gasteiger partial charge in [-0.15, -0.1) is 0 Å². The Bertz CT molecular complexity index is 1390. The van der Waals surface area contributed by atoms with E-state index in [9.17, 15) is 9.59 Å². The number of amides is 1. The van der Waals surface area contributed by atoms with Crippen LogP contribution >= 0.6 is 11.6 Å². The van der Waals surface area contributed by atoms with Gasteiger partial charge in [-0.2, -0.15) is 0 Å². The number of hydrogen-bond acceptors (Lipinski definition) is 6. The Balaban J connectivity index is 1.50. The Morgan fingerprint density at radius 3 is 2.45 bits per heavy atom. The zero-order valence-electron chi connectivity index (χ0n) is 22.9. The van der Waals surface area contributed by atoms with Gasteiger partial charge in [-0.05, 0) is 30.5 Å². The molecular weight excluding hydrogens is 528 g/mol. The van der Waals surface area contributed by atoms with E-state index in [0.717, 1.165) is 74.5 Å². The molecule has 2 aromatic heterocycles. The Hall–Kier alpha value is -3.14. The summed E-state index contributed by atoms with van der Waals surface area (Å²) in [6, 6.07) is 13.8. The molecule has 212 valence electrons. The van der Waals surface area contributed by atoms with Crippen molar-refractivity contribution in [1.29, 1.82) is 0 Å². The lowest BCUT2D eigenvalue weighted by atomic mass is 9.94. The van der Waals surface area contributed by atoms with Gasteiger partial charge in [0.1, 0.15) is 16.7 Å². The Labute approximate surface area is 239 Å². The van der Waals surface area contributed by atoms with E-state index in [2.05, 4.69) is 15.2 Å². The number of rotatable bonds is 6. The summed E-state index contributed by atoms with van der Waals surface area (Å²) in [5.41, 5.74) is 2.80. The SMILES string of the molecule is O=C(c1c(-c2ccccc2)n(C2CCCCC2)c(=O)n1Cc1cc(Cl)nc(N2CCOCC2)c1)N1CCNCC1. The minimum Gasteiger partial charge on any atom is -0.378 e.